The van der Waals surface area contributed by atoms with Gasteiger partial charge < -0.3 is 14.5 Å². The molecule has 1 aliphatic rings. The van der Waals surface area contributed by atoms with Gasteiger partial charge in [-0.1, -0.05) is 17.7 Å². The molecule has 26 heavy (non-hydrogen) atoms. The van der Waals surface area contributed by atoms with Gasteiger partial charge in [0.25, 0.3) is 5.91 Å². The molecular weight excluding hydrogens is 326 g/mol. The molecule has 1 amide bonds. The van der Waals surface area contributed by atoms with Gasteiger partial charge in [0.1, 0.15) is 12.3 Å². The standard InChI is InChI=1S/C21H27N3O2/c1-16-12-17(2)21(18(3)13-16)26-15-20(25)24-10-8-23(9-11-24)14-19-4-6-22-7-5-19/h4-7,12-13H,8-11,14-15H2,1-3H3/p+1. The Morgan fingerprint density at radius 1 is 1.12 bits per heavy atom. The predicted molar refractivity (Wildman–Crippen MR) is 101 cm³/mol. The summed E-state index contributed by atoms with van der Waals surface area (Å²) in [6.45, 7) is 10.7. The number of nitrogens with zero attached hydrogens (tertiary/aromatic N) is 2. The lowest BCUT2D eigenvalue weighted by atomic mass is 10.1. The highest BCUT2D eigenvalue weighted by atomic mass is 16.5. The maximum atomic E-state index is 12.5. The first kappa shape index (κ1) is 18.4. The SMILES string of the molecule is Cc1cc(C)c(OCC(=O)N2CC[NH+](Cc3ccncc3)CC2)c(C)c1. The summed E-state index contributed by atoms with van der Waals surface area (Å²) in [7, 11) is 0. The van der Waals surface area contributed by atoms with Crippen molar-refractivity contribution in [1.82, 2.24) is 9.88 Å². The minimum atomic E-state index is 0.0762. The molecule has 1 aromatic heterocycles. The topological polar surface area (TPSA) is 46.9 Å². The number of carbonyl (C=O) groups is 1. The van der Waals surface area contributed by atoms with E-state index in [2.05, 4.69) is 36.2 Å². The number of aromatic nitrogens is 1. The van der Waals surface area contributed by atoms with Crippen LogP contribution in [0, 0.1) is 20.8 Å². The summed E-state index contributed by atoms with van der Waals surface area (Å²) in [6.07, 6.45) is 3.67. The lowest BCUT2D eigenvalue weighted by Crippen LogP contribution is -3.13. The first-order valence-corrected chi connectivity index (χ1v) is 9.24. The third-order valence-electron chi connectivity index (χ3n) is 4.97. The zero-order valence-electron chi connectivity index (χ0n) is 15.9. The molecule has 0 radical (unpaired) electrons. The quantitative estimate of drug-likeness (QED) is 0.881. The Labute approximate surface area is 155 Å². The number of pyridine rings is 1. The molecule has 0 bridgehead atoms. The van der Waals surface area contributed by atoms with Crippen molar-refractivity contribution < 1.29 is 14.4 Å². The van der Waals surface area contributed by atoms with Gasteiger partial charge in [-0.25, -0.2) is 0 Å². The van der Waals surface area contributed by atoms with E-state index in [-0.39, 0.29) is 12.5 Å². The number of aryl methyl sites for hydroxylation is 3. The second kappa shape index (κ2) is 8.32. The Morgan fingerprint density at radius 2 is 1.73 bits per heavy atom. The summed E-state index contributed by atoms with van der Waals surface area (Å²) in [5.74, 6) is 0.915. The van der Waals surface area contributed by atoms with Gasteiger partial charge in [-0.3, -0.25) is 9.78 Å². The van der Waals surface area contributed by atoms with Crippen LogP contribution in [0.25, 0.3) is 0 Å². The van der Waals surface area contributed by atoms with Crippen LogP contribution in [0.2, 0.25) is 0 Å². The number of ether oxygens (including phenoxy) is 1. The molecule has 0 aliphatic carbocycles. The Bertz CT molecular complexity index is 730. The number of carbonyl (C=O) groups excluding carboxylic acids is 1. The van der Waals surface area contributed by atoms with Crippen LogP contribution in [0.1, 0.15) is 22.3 Å². The number of rotatable bonds is 5. The smallest absolute Gasteiger partial charge is 0.260 e. The van der Waals surface area contributed by atoms with Crippen molar-refractivity contribution in [2.24, 2.45) is 0 Å². The molecular formula is C21H28N3O2+. The minimum Gasteiger partial charge on any atom is -0.483 e. The van der Waals surface area contributed by atoms with E-state index in [9.17, 15) is 4.79 Å². The molecule has 1 N–H and O–H groups in total. The van der Waals surface area contributed by atoms with Crippen molar-refractivity contribution in [3.05, 3.63) is 58.9 Å². The number of hydrogen-bond acceptors (Lipinski definition) is 3. The van der Waals surface area contributed by atoms with Crippen LogP contribution in [0.15, 0.2) is 36.7 Å². The van der Waals surface area contributed by atoms with Crippen molar-refractivity contribution in [1.29, 1.82) is 0 Å². The van der Waals surface area contributed by atoms with Crippen LogP contribution in [-0.2, 0) is 11.3 Å². The van der Waals surface area contributed by atoms with E-state index in [1.54, 1.807) is 0 Å². The van der Waals surface area contributed by atoms with Crippen LogP contribution in [0.3, 0.4) is 0 Å². The second-order valence-electron chi connectivity index (χ2n) is 7.18. The van der Waals surface area contributed by atoms with Crippen molar-refractivity contribution in [3.8, 4) is 5.75 Å². The summed E-state index contributed by atoms with van der Waals surface area (Å²) in [4.78, 5) is 20.0. The Kier molecular flexibility index (Phi) is 5.89. The summed E-state index contributed by atoms with van der Waals surface area (Å²) in [6, 6.07) is 8.30. The number of nitrogens with one attached hydrogen (secondary N) is 1. The molecule has 5 heteroatoms. The third kappa shape index (κ3) is 4.61. The highest BCUT2D eigenvalue weighted by molar-refractivity contribution is 5.78. The number of quaternary nitrogens is 1. The number of piperazine rings is 1. The average Bonchev–Trinajstić information content (AvgIpc) is 2.62. The van der Waals surface area contributed by atoms with Gasteiger partial charge in [0.15, 0.2) is 6.61 Å². The fourth-order valence-corrected chi connectivity index (χ4v) is 3.66. The molecule has 138 valence electrons. The lowest BCUT2D eigenvalue weighted by molar-refractivity contribution is -0.917. The molecule has 2 aromatic rings. The van der Waals surface area contributed by atoms with Crippen LogP contribution in [0.4, 0.5) is 0 Å². The first-order valence-electron chi connectivity index (χ1n) is 9.24. The number of benzene rings is 1. The van der Waals surface area contributed by atoms with E-state index in [0.717, 1.165) is 49.6 Å². The molecule has 5 nitrogen and oxygen atoms in total. The maximum Gasteiger partial charge on any atom is 0.260 e. The van der Waals surface area contributed by atoms with Crippen molar-refractivity contribution >= 4 is 5.91 Å². The molecule has 2 heterocycles. The highest BCUT2D eigenvalue weighted by Gasteiger charge is 2.24. The van der Waals surface area contributed by atoms with Crippen LogP contribution in [0.5, 0.6) is 5.75 Å². The fourth-order valence-electron chi connectivity index (χ4n) is 3.66. The van der Waals surface area contributed by atoms with E-state index in [4.69, 9.17) is 4.74 Å². The molecule has 1 aliphatic heterocycles. The van der Waals surface area contributed by atoms with Gasteiger partial charge in [0.2, 0.25) is 0 Å². The molecule has 1 fully saturated rings. The third-order valence-corrected chi connectivity index (χ3v) is 4.97. The monoisotopic (exact) mass is 354 g/mol. The first-order chi connectivity index (χ1) is 12.5. The molecule has 3 rings (SSSR count). The van der Waals surface area contributed by atoms with Gasteiger partial charge in [-0.2, -0.15) is 0 Å². The van der Waals surface area contributed by atoms with Gasteiger partial charge in [-0.05, 0) is 44.0 Å². The van der Waals surface area contributed by atoms with Gasteiger partial charge in [-0.15, -0.1) is 0 Å². The van der Waals surface area contributed by atoms with Gasteiger partial charge in [0, 0.05) is 18.0 Å². The minimum absolute atomic E-state index is 0.0762. The van der Waals surface area contributed by atoms with Crippen molar-refractivity contribution in [2.45, 2.75) is 27.3 Å². The average molecular weight is 354 g/mol. The largest absolute Gasteiger partial charge is 0.483 e. The van der Waals surface area contributed by atoms with Gasteiger partial charge in [0.05, 0.1) is 26.2 Å². The summed E-state index contributed by atoms with van der Waals surface area (Å²) in [5, 5.41) is 0. The van der Waals surface area contributed by atoms with Crippen LogP contribution < -0.4 is 9.64 Å². The molecule has 0 saturated carbocycles. The van der Waals surface area contributed by atoms with E-state index in [0.29, 0.717) is 0 Å². The summed E-state index contributed by atoms with van der Waals surface area (Å²) >= 11 is 0. The molecule has 1 saturated heterocycles. The Morgan fingerprint density at radius 3 is 2.35 bits per heavy atom. The van der Waals surface area contributed by atoms with Crippen LogP contribution in [-0.4, -0.2) is 48.6 Å². The second-order valence-corrected chi connectivity index (χ2v) is 7.18. The maximum absolute atomic E-state index is 12.5. The van der Waals surface area contributed by atoms with Crippen molar-refractivity contribution in [2.75, 3.05) is 32.8 Å². The molecule has 0 unspecified atom stereocenters. The number of amides is 1. The fraction of sp³-hybridized carbons (Fsp3) is 0.429. The van der Waals surface area contributed by atoms with Gasteiger partial charge >= 0.3 is 0 Å². The Balaban J connectivity index is 1.48. The van der Waals surface area contributed by atoms with E-state index in [1.165, 1.54) is 16.0 Å². The van der Waals surface area contributed by atoms with E-state index < -0.39 is 0 Å². The molecule has 0 atom stereocenters. The molecule has 0 spiro atoms. The number of hydrogen-bond donors (Lipinski definition) is 1. The summed E-state index contributed by atoms with van der Waals surface area (Å²) in [5.41, 5.74) is 4.68. The van der Waals surface area contributed by atoms with E-state index >= 15 is 0 Å². The predicted octanol–water partition coefficient (Wildman–Crippen LogP) is 1.31. The van der Waals surface area contributed by atoms with Crippen molar-refractivity contribution in [3.63, 3.8) is 0 Å². The highest BCUT2D eigenvalue weighted by Crippen LogP contribution is 2.24. The Hall–Kier alpha value is -2.40. The molecule has 1 aromatic carbocycles. The zero-order chi connectivity index (χ0) is 18.5. The van der Waals surface area contributed by atoms with E-state index in [1.807, 2.05) is 31.1 Å². The van der Waals surface area contributed by atoms with Crippen LogP contribution >= 0.6 is 0 Å². The summed E-state index contributed by atoms with van der Waals surface area (Å²) < 4.78 is 5.86. The normalized spacial score (nSPS) is 15.1. The zero-order valence-corrected chi connectivity index (χ0v) is 15.9. The lowest BCUT2D eigenvalue weighted by Gasteiger charge is -2.32.